The Hall–Kier alpha value is -1.90. The molecule has 1 aliphatic rings. The van der Waals surface area contributed by atoms with E-state index < -0.39 is 0 Å². The summed E-state index contributed by atoms with van der Waals surface area (Å²) >= 11 is 0. The molecule has 214 valence electrons. The van der Waals surface area contributed by atoms with Gasteiger partial charge in [0.1, 0.15) is 0 Å². The number of hydrogen-bond acceptors (Lipinski definition) is 2. The van der Waals surface area contributed by atoms with Gasteiger partial charge < -0.3 is 15.7 Å². The fraction of sp³-hybridized carbons (Fsp3) is 0.515. The number of unbranched alkanes of at least 4 members (excludes halogenated alkanes) is 6. The first kappa shape index (κ1) is 36.1. The molecule has 0 spiro atoms. The van der Waals surface area contributed by atoms with Gasteiger partial charge in [-0.1, -0.05) is 76.6 Å². The van der Waals surface area contributed by atoms with Crippen LogP contribution in [0.1, 0.15) is 108 Å². The fourth-order valence-corrected chi connectivity index (χ4v) is 4.38. The fourth-order valence-electron chi connectivity index (χ4n) is 4.38. The van der Waals surface area contributed by atoms with Crippen molar-refractivity contribution in [3.63, 3.8) is 0 Å². The molecule has 0 amide bonds. The second kappa shape index (κ2) is 22.0. The zero-order chi connectivity index (χ0) is 27.5. The third-order valence-corrected chi connectivity index (χ3v) is 6.25. The van der Waals surface area contributed by atoms with Crippen molar-refractivity contribution in [3.8, 4) is 0 Å². The van der Waals surface area contributed by atoms with Crippen LogP contribution in [-0.2, 0) is 33.3 Å². The predicted octanol–water partition coefficient (Wildman–Crippen LogP) is 8.75. The third-order valence-electron chi connectivity index (χ3n) is 6.25. The zero-order valence-electron chi connectivity index (χ0n) is 24.3. The molecule has 0 aliphatic carbocycles. The quantitative estimate of drug-likeness (QED) is 0.143. The van der Waals surface area contributed by atoms with Crippen LogP contribution in [0.4, 0.5) is 0 Å². The molecule has 2 aromatic carbocycles. The van der Waals surface area contributed by atoms with E-state index in [1.54, 1.807) is 13.8 Å². The van der Waals surface area contributed by atoms with Crippen LogP contribution in [0.15, 0.2) is 60.2 Å². The van der Waals surface area contributed by atoms with Gasteiger partial charge in [0.15, 0.2) is 0 Å². The molecule has 3 rings (SSSR count). The number of rotatable bonds is 12. The van der Waals surface area contributed by atoms with E-state index in [0.29, 0.717) is 0 Å². The van der Waals surface area contributed by atoms with Crippen LogP contribution in [0.2, 0.25) is 0 Å². The number of hydrogen-bond donors (Lipinski definition) is 2. The van der Waals surface area contributed by atoms with Gasteiger partial charge in [-0.2, -0.15) is 0 Å². The Morgan fingerprint density at radius 3 is 1.84 bits per heavy atom. The summed E-state index contributed by atoms with van der Waals surface area (Å²) < 4.78 is 1.37. The summed E-state index contributed by atoms with van der Waals surface area (Å²) in [6, 6.07) is 17.3. The Bertz CT molecular complexity index is 979. The van der Waals surface area contributed by atoms with E-state index in [1.807, 2.05) is 0 Å². The maximum Gasteiger partial charge on any atom is 0.210 e. The smallest absolute Gasteiger partial charge is 0.210 e. The van der Waals surface area contributed by atoms with Crippen molar-refractivity contribution in [1.82, 2.24) is 0 Å². The Labute approximate surface area is 246 Å². The van der Waals surface area contributed by atoms with Gasteiger partial charge in [-0.3, -0.25) is 0 Å². The molecule has 4 nitrogen and oxygen atoms in total. The van der Waals surface area contributed by atoms with Gasteiger partial charge in [0.05, 0.1) is 0 Å². The first-order chi connectivity index (χ1) is 18.0. The van der Waals surface area contributed by atoms with Crippen LogP contribution in [0, 0.1) is 0 Å². The maximum absolute atomic E-state index is 11.0. The van der Waals surface area contributed by atoms with E-state index in [1.165, 1.54) is 67.2 Å². The molecule has 0 radical (unpaired) electrons. The van der Waals surface area contributed by atoms with Gasteiger partial charge in [-0.15, -0.1) is 0 Å². The molecular formula is C33H50N2O2Pd. The first-order valence-corrected chi connectivity index (χ1v) is 14.3. The molecule has 5 heteroatoms. The van der Waals surface area contributed by atoms with E-state index in [4.69, 9.17) is 10.2 Å². The van der Waals surface area contributed by atoms with Crippen molar-refractivity contribution < 1.29 is 35.3 Å². The van der Waals surface area contributed by atoms with Gasteiger partial charge in [-0.25, -0.2) is 4.70 Å². The number of allylic oxidation sites excluding steroid dienone is 2. The average molecular weight is 613 g/mol. The summed E-state index contributed by atoms with van der Waals surface area (Å²) in [6.07, 6.45) is 14.7. The van der Waals surface area contributed by atoms with E-state index in [9.17, 15) is 5.53 Å². The summed E-state index contributed by atoms with van der Waals surface area (Å²) in [5, 5.41) is 15.1. The summed E-state index contributed by atoms with van der Waals surface area (Å²) in [5.74, 6) is 0. The minimum absolute atomic E-state index is 0. The van der Waals surface area contributed by atoms with Crippen LogP contribution in [-0.4, -0.2) is 28.1 Å². The number of nitrogens with zero attached hydrogens (tertiary/aromatic N) is 2. The molecule has 0 aromatic heterocycles. The second-order valence-electron chi connectivity index (χ2n) is 9.52. The Kier molecular flexibility index (Phi) is 20.9. The summed E-state index contributed by atoms with van der Waals surface area (Å²) in [7, 11) is 0. The van der Waals surface area contributed by atoms with E-state index in [2.05, 4.69) is 75.4 Å². The minimum atomic E-state index is 0. The van der Waals surface area contributed by atoms with Crippen LogP contribution < -0.4 is 0 Å². The van der Waals surface area contributed by atoms with Crippen LogP contribution >= 0.6 is 0 Å². The van der Waals surface area contributed by atoms with Crippen molar-refractivity contribution in [2.24, 2.45) is 0 Å². The van der Waals surface area contributed by atoms with Crippen molar-refractivity contribution in [2.45, 2.75) is 98.8 Å². The zero-order valence-corrected chi connectivity index (χ0v) is 25.8. The standard InChI is InChI=1S/C29H38N2.2C2H6O.Pd/c1-4-6-8-9-10-11-14-24-17-19-26(20-18-24)29-23(3)21-28(31(29)30)27-16-12-15-25(22-27)13-7-5-2;2*1-2-3;/h12,15-22H,4-11,13-14H2,1-3H3;2*3H,2H2,1H3;. The minimum Gasteiger partial charge on any atom is -0.493 e. The molecule has 0 fully saturated rings. The summed E-state index contributed by atoms with van der Waals surface area (Å²) in [6.45, 7) is 10.4. The van der Waals surface area contributed by atoms with Crippen LogP contribution in [0.3, 0.4) is 0 Å². The molecule has 0 bridgehead atoms. The summed E-state index contributed by atoms with van der Waals surface area (Å²) in [5.41, 5.74) is 18.7. The SMILES string of the molecule is CCCCCCCCc1ccc(C2=C(C)C=C(c3cccc(CCCC)c3)[N+]2=[N-])cc1.CCO.CCO.[Pd]. The maximum atomic E-state index is 11.0. The van der Waals surface area contributed by atoms with Gasteiger partial charge in [0.25, 0.3) is 0 Å². The Morgan fingerprint density at radius 2 is 1.24 bits per heavy atom. The predicted molar refractivity (Wildman–Crippen MR) is 158 cm³/mol. The van der Waals surface area contributed by atoms with Gasteiger partial charge in [0, 0.05) is 56.4 Å². The van der Waals surface area contributed by atoms with Crippen LogP contribution in [0.25, 0.3) is 16.9 Å². The molecular weight excluding hydrogens is 563 g/mol. The molecule has 0 saturated heterocycles. The molecule has 0 atom stereocenters. The van der Waals surface area contributed by atoms with Crippen molar-refractivity contribution in [3.05, 3.63) is 88.0 Å². The second-order valence-corrected chi connectivity index (χ2v) is 9.52. The van der Waals surface area contributed by atoms with E-state index in [-0.39, 0.29) is 33.6 Å². The molecule has 0 unspecified atom stereocenters. The average Bonchev–Trinajstić information content (AvgIpc) is 3.20. The molecule has 38 heavy (non-hydrogen) atoms. The topological polar surface area (TPSA) is 65.8 Å². The summed E-state index contributed by atoms with van der Waals surface area (Å²) in [4.78, 5) is 0. The number of aliphatic hydroxyl groups is 2. The van der Waals surface area contributed by atoms with Gasteiger partial charge in [-0.05, 0) is 81.8 Å². The molecule has 0 saturated carbocycles. The number of benzene rings is 2. The normalized spacial score (nSPS) is 12.2. The van der Waals surface area contributed by atoms with E-state index >= 15 is 0 Å². The van der Waals surface area contributed by atoms with Gasteiger partial charge in [0.2, 0.25) is 11.4 Å². The van der Waals surface area contributed by atoms with Gasteiger partial charge >= 0.3 is 0 Å². The molecule has 2 aromatic rings. The largest absolute Gasteiger partial charge is 0.493 e. The van der Waals surface area contributed by atoms with E-state index in [0.717, 1.165) is 40.9 Å². The van der Waals surface area contributed by atoms with Crippen molar-refractivity contribution in [2.75, 3.05) is 13.2 Å². The van der Waals surface area contributed by atoms with Crippen molar-refractivity contribution in [1.29, 1.82) is 0 Å². The molecule has 2 N–H and O–H groups in total. The Morgan fingerprint density at radius 1 is 0.684 bits per heavy atom. The molecule has 1 aliphatic heterocycles. The monoisotopic (exact) mass is 612 g/mol. The van der Waals surface area contributed by atoms with Crippen LogP contribution in [0.5, 0.6) is 0 Å². The van der Waals surface area contributed by atoms with Crippen molar-refractivity contribution >= 4 is 11.4 Å². The number of aryl methyl sites for hydroxylation is 2. The first-order valence-electron chi connectivity index (χ1n) is 14.3. The molecule has 1 heterocycles. The third kappa shape index (κ3) is 12.8. The Balaban J connectivity index is 0.00000179. The number of aliphatic hydroxyl groups excluding tert-OH is 2.